The summed E-state index contributed by atoms with van der Waals surface area (Å²) in [6, 6.07) is 3.21. The van der Waals surface area contributed by atoms with Crippen LogP contribution in [0, 0.1) is 0 Å². The molecule has 2 N–H and O–H groups in total. The van der Waals surface area contributed by atoms with Crippen molar-refractivity contribution in [2.24, 2.45) is 5.73 Å². The fraction of sp³-hybridized carbons (Fsp3) is 0.455. The Morgan fingerprint density at radius 1 is 1.53 bits per heavy atom. The lowest BCUT2D eigenvalue weighted by Crippen LogP contribution is -2.32. The Kier molecular flexibility index (Phi) is 4.93. The lowest BCUT2D eigenvalue weighted by molar-refractivity contribution is -0.120. The van der Waals surface area contributed by atoms with E-state index in [1.54, 1.807) is 19.5 Å². The SMILES string of the molecule is COCCC(N)C(=O)Cc1ccncc1. The van der Waals surface area contributed by atoms with Crippen LogP contribution in [0.25, 0.3) is 0 Å². The van der Waals surface area contributed by atoms with Gasteiger partial charge in [0, 0.05) is 32.5 Å². The van der Waals surface area contributed by atoms with Crippen LogP contribution in [-0.2, 0) is 16.0 Å². The third-order valence-corrected chi connectivity index (χ3v) is 2.17. The van der Waals surface area contributed by atoms with E-state index in [4.69, 9.17) is 10.5 Å². The molecular formula is C11H16N2O2. The molecule has 15 heavy (non-hydrogen) atoms. The Labute approximate surface area is 89.5 Å². The molecule has 0 aliphatic carbocycles. The molecule has 0 fully saturated rings. The molecule has 4 heteroatoms. The fourth-order valence-corrected chi connectivity index (χ4v) is 1.24. The second-order valence-corrected chi connectivity index (χ2v) is 3.39. The molecule has 0 aliphatic heterocycles. The van der Waals surface area contributed by atoms with E-state index in [1.165, 1.54) is 0 Å². The number of aromatic nitrogens is 1. The summed E-state index contributed by atoms with van der Waals surface area (Å²) in [6.45, 7) is 0.517. The first-order valence-electron chi connectivity index (χ1n) is 4.90. The molecule has 0 spiro atoms. The van der Waals surface area contributed by atoms with Crippen molar-refractivity contribution in [3.63, 3.8) is 0 Å². The van der Waals surface area contributed by atoms with Crippen LogP contribution in [0.3, 0.4) is 0 Å². The van der Waals surface area contributed by atoms with Crippen molar-refractivity contribution in [3.8, 4) is 0 Å². The maximum Gasteiger partial charge on any atom is 0.153 e. The highest BCUT2D eigenvalue weighted by atomic mass is 16.5. The molecule has 0 aromatic carbocycles. The Morgan fingerprint density at radius 3 is 2.80 bits per heavy atom. The third kappa shape index (κ3) is 4.18. The van der Waals surface area contributed by atoms with Gasteiger partial charge in [-0.15, -0.1) is 0 Å². The van der Waals surface area contributed by atoms with Crippen LogP contribution in [0.1, 0.15) is 12.0 Å². The fourth-order valence-electron chi connectivity index (χ4n) is 1.24. The predicted octanol–water partition coefficient (Wildman–Crippen LogP) is 0.557. The maximum atomic E-state index is 11.6. The summed E-state index contributed by atoms with van der Waals surface area (Å²) in [4.78, 5) is 15.5. The van der Waals surface area contributed by atoms with Gasteiger partial charge in [0.15, 0.2) is 5.78 Å². The second-order valence-electron chi connectivity index (χ2n) is 3.39. The molecule has 1 atom stereocenters. The van der Waals surface area contributed by atoms with Crippen LogP contribution in [0.5, 0.6) is 0 Å². The van der Waals surface area contributed by atoms with Crippen molar-refractivity contribution in [3.05, 3.63) is 30.1 Å². The van der Waals surface area contributed by atoms with Crippen molar-refractivity contribution in [1.82, 2.24) is 4.98 Å². The molecule has 1 unspecified atom stereocenters. The lowest BCUT2D eigenvalue weighted by Gasteiger charge is -2.09. The number of rotatable bonds is 6. The second kappa shape index (κ2) is 6.27. The molecule has 1 heterocycles. The van der Waals surface area contributed by atoms with E-state index in [0.29, 0.717) is 19.4 Å². The number of Topliss-reactive ketones (excluding diaryl/α,β-unsaturated/α-hetero) is 1. The number of carbonyl (C=O) groups excluding carboxylic acids is 1. The molecule has 0 amide bonds. The van der Waals surface area contributed by atoms with E-state index >= 15 is 0 Å². The molecule has 1 aromatic rings. The first-order chi connectivity index (χ1) is 7.24. The highest BCUT2D eigenvalue weighted by Gasteiger charge is 2.13. The van der Waals surface area contributed by atoms with Gasteiger partial charge in [-0.2, -0.15) is 0 Å². The molecule has 1 rings (SSSR count). The zero-order chi connectivity index (χ0) is 11.1. The lowest BCUT2D eigenvalue weighted by atomic mass is 10.0. The number of ketones is 1. The van der Waals surface area contributed by atoms with E-state index in [0.717, 1.165) is 5.56 Å². The van der Waals surface area contributed by atoms with Gasteiger partial charge in [-0.1, -0.05) is 0 Å². The molecule has 1 aromatic heterocycles. The number of methoxy groups -OCH3 is 1. The van der Waals surface area contributed by atoms with Crippen molar-refractivity contribution in [2.45, 2.75) is 18.9 Å². The first-order valence-corrected chi connectivity index (χ1v) is 4.90. The van der Waals surface area contributed by atoms with Crippen molar-refractivity contribution < 1.29 is 9.53 Å². The van der Waals surface area contributed by atoms with Crippen molar-refractivity contribution >= 4 is 5.78 Å². The summed E-state index contributed by atoms with van der Waals surface area (Å²) in [5.41, 5.74) is 6.65. The molecule has 4 nitrogen and oxygen atoms in total. The van der Waals surface area contributed by atoms with Gasteiger partial charge in [-0.05, 0) is 24.1 Å². The number of nitrogens with two attached hydrogens (primary N) is 1. The summed E-state index contributed by atoms with van der Waals surface area (Å²) in [5.74, 6) is 0.0400. The minimum atomic E-state index is -0.432. The molecule has 82 valence electrons. The van der Waals surface area contributed by atoms with Gasteiger partial charge in [0.05, 0.1) is 6.04 Å². The summed E-state index contributed by atoms with van der Waals surface area (Å²) in [5, 5.41) is 0. The van der Waals surface area contributed by atoms with Gasteiger partial charge >= 0.3 is 0 Å². The number of pyridine rings is 1. The van der Waals surface area contributed by atoms with Crippen molar-refractivity contribution in [1.29, 1.82) is 0 Å². The van der Waals surface area contributed by atoms with E-state index in [9.17, 15) is 4.79 Å². The average molecular weight is 208 g/mol. The summed E-state index contributed by atoms with van der Waals surface area (Å²) in [6.07, 6.45) is 4.28. The number of nitrogens with zero attached hydrogens (tertiary/aromatic N) is 1. The first kappa shape index (κ1) is 11.8. The highest BCUT2D eigenvalue weighted by molar-refractivity contribution is 5.85. The van der Waals surface area contributed by atoms with Crippen LogP contribution in [0.4, 0.5) is 0 Å². The maximum absolute atomic E-state index is 11.6. The smallest absolute Gasteiger partial charge is 0.153 e. The monoisotopic (exact) mass is 208 g/mol. The zero-order valence-corrected chi connectivity index (χ0v) is 8.85. The van der Waals surface area contributed by atoms with Crippen LogP contribution in [-0.4, -0.2) is 30.5 Å². The van der Waals surface area contributed by atoms with Gasteiger partial charge in [0.1, 0.15) is 0 Å². The Balaban J connectivity index is 2.42. The van der Waals surface area contributed by atoms with Crippen LogP contribution in [0.2, 0.25) is 0 Å². The minimum Gasteiger partial charge on any atom is -0.385 e. The van der Waals surface area contributed by atoms with Gasteiger partial charge in [-0.25, -0.2) is 0 Å². The molecule has 0 aliphatic rings. The van der Waals surface area contributed by atoms with Gasteiger partial charge in [0.25, 0.3) is 0 Å². The standard InChI is InChI=1S/C11H16N2O2/c1-15-7-4-10(12)11(14)8-9-2-5-13-6-3-9/h2-3,5-6,10H,4,7-8,12H2,1H3. The van der Waals surface area contributed by atoms with Gasteiger partial charge in [0.2, 0.25) is 0 Å². The number of hydrogen-bond acceptors (Lipinski definition) is 4. The van der Waals surface area contributed by atoms with Gasteiger partial charge < -0.3 is 10.5 Å². The Hall–Kier alpha value is -1.26. The van der Waals surface area contributed by atoms with Gasteiger partial charge in [-0.3, -0.25) is 9.78 Å². The summed E-state index contributed by atoms with van der Waals surface area (Å²) < 4.78 is 4.87. The molecule has 0 saturated heterocycles. The largest absolute Gasteiger partial charge is 0.385 e. The van der Waals surface area contributed by atoms with Crippen LogP contribution < -0.4 is 5.73 Å². The molecular weight excluding hydrogens is 192 g/mol. The third-order valence-electron chi connectivity index (χ3n) is 2.17. The topological polar surface area (TPSA) is 65.2 Å². The van der Waals surface area contributed by atoms with Crippen LogP contribution in [0.15, 0.2) is 24.5 Å². The normalized spacial score (nSPS) is 12.4. The Bertz CT molecular complexity index is 301. The predicted molar refractivity (Wildman–Crippen MR) is 57.4 cm³/mol. The zero-order valence-electron chi connectivity index (χ0n) is 8.85. The molecule has 0 saturated carbocycles. The van der Waals surface area contributed by atoms with Crippen molar-refractivity contribution in [2.75, 3.05) is 13.7 Å². The van der Waals surface area contributed by atoms with E-state index in [2.05, 4.69) is 4.98 Å². The number of carbonyl (C=O) groups is 1. The van der Waals surface area contributed by atoms with Crippen LogP contribution >= 0.6 is 0 Å². The average Bonchev–Trinajstić information content (AvgIpc) is 2.27. The molecule has 0 bridgehead atoms. The van der Waals surface area contributed by atoms with E-state index < -0.39 is 6.04 Å². The van der Waals surface area contributed by atoms with E-state index in [1.807, 2.05) is 12.1 Å². The summed E-state index contributed by atoms with van der Waals surface area (Å²) >= 11 is 0. The summed E-state index contributed by atoms with van der Waals surface area (Å²) in [7, 11) is 1.60. The molecule has 0 radical (unpaired) electrons. The minimum absolute atomic E-state index is 0.0400. The number of hydrogen-bond donors (Lipinski definition) is 1. The van der Waals surface area contributed by atoms with E-state index in [-0.39, 0.29) is 5.78 Å². The number of ether oxygens (including phenoxy) is 1. The Morgan fingerprint density at radius 2 is 2.20 bits per heavy atom. The highest BCUT2D eigenvalue weighted by Crippen LogP contribution is 2.01. The quantitative estimate of drug-likeness (QED) is 0.741.